The molecule has 2 heterocycles. The lowest BCUT2D eigenvalue weighted by atomic mass is 10.1. The number of sulfonamides is 1. The summed E-state index contributed by atoms with van der Waals surface area (Å²) in [5, 5.41) is 0. The van der Waals surface area contributed by atoms with Crippen LogP contribution in [0.5, 0.6) is 0 Å². The van der Waals surface area contributed by atoms with Crippen LogP contribution in [0.15, 0.2) is 10.3 Å². The van der Waals surface area contributed by atoms with E-state index in [4.69, 9.17) is 4.74 Å². The van der Waals surface area contributed by atoms with Crippen LogP contribution in [0.25, 0.3) is 0 Å². The highest BCUT2D eigenvalue weighted by Gasteiger charge is 2.32. The monoisotopic (exact) mass is 289 g/mol. The number of thiophene rings is 1. The summed E-state index contributed by atoms with van der Waals surface area (Å²) in [6.07, 6.45) is 1.58. The highest BCUT2D eigenvalue weighted by molar-refractivity contribution is 7.91. The van der Waals surface area contributed by atoms with Crippen molar-refractivity contribution in [2.24, 2.45) is 0 Å². The Morgan fingerprint density at radius 1 is 1.50 bits per heavy atom. The van der Waals surface area contributed by atoms with Gasteiger partial charge in [0.05, 0.1) is 12.1 Å². The SMILES string of the molecule is CC[C@@H]1OCC[C@H]1NS(=O)(=O)c1sc(C)cc1C. The molecular weight excluding hydrogens is 270 g/mol. The molecule has 0 bridgehead atoms. The van der Waals surface area contributed by atoms with Crippen LogP contribution in [-0.2, 0) is 14.8 Å². The van der Waals surface area contributed by atoms with Crippen molar-refractivity contribution in [1.29, 1.82) is 0 Å². The van der Waals surface area contributed by atoms with Crippen LogP contribution in [-0.4, -0.2) is 27.2 Å². The summed E-state index contributed by atoms with van der Waals surface area (Å²) < 4.78 is 33.4. The minimum absolute atomic E-state index is 0.00106. The molecule has 2 atom stereocenters. The average Bonchev–Trinajstić information content (AvgIpc) is 2.84. The van der Waals surface area contributed by atoms with Crippen molar-refractivity contribution in [1.82, 2.24) is 4.72 Å². The number of nitrogens with one attached hydrogen (secondary N) is 1. The summed E-state index contributed by atoms with van der Waals surface area (Å²) >= 11 is 1.32. The molecule has 1 aromatic rings. The van der Waals surface area contributed by atoms with E-state index in [-0.39, 0.29) is 12.1 Å². The molecule has 0 saturated carbocycles. The molecule has 4 nitrogen and oxygen atoms in total. The predicted octanol–water partition coefficient (Wildman–Crippen LogP) is 2.21. The molecule has 0 aliphatic carbocycles. The van der Waals surface area contributed by atoms with Gasteiger partial charge in [-0.3, -0.25) is 0 Å². The minimum atomic E-state index is -3.41. The second kappa shape index (κ2) is 5.28. The minimum Gasteiger partial charge on any atom is -0.377 e. The van der Waals surface area contributed by atoms with Crippen LogP contribution in [0.1, 0.15) is 30.2 Å². The maximum Gasteiger partial charge on any atom is 0.250 e. The van der Waals surface area contributed by atoms with Crippen LogP contribution in [0, 0.1) is 13.8 Å². The van der Waals surface area contributed by atoms with E-state index < -0.39 is 10.0 Å². The lowest BCUT2D eigenvalue weighted by Crippen LogP contribution is -2.40. The van der Waals surface area contributed by atoms with Gasteiger partial charge in [0.15, 0.2) is 0 Å². The number of ether oxygens (including phenoxy) is 1. The van der Waals surface area contributed by atoms with Crippen LogP contribution >= 0.6 is 11.3 Å². The van der Waals surface area contributed by atoms with E-state index in [1.54, 1.807) is 0 Å². The van der Waals surface area contributed by atoms with Crippen molar-refractivity contribution in [3.8, 4) is 0 Å². The van der Waals surface area contributed by atoms with Crippen LogP contribution < -0.4 is 4.72 Å². The molecule has 0 unspecified atom stereocenters. The van der Waals surface area contributed by atoms with Crippen molar-refractivity contribution in [3.63, 3.8) is 0 Å². The number of aryl methyl sites for hydroxylation is 2. The molecule has 0 aromatic carbocycles. The van der Waals surface area contributed by atoms with E-state index in [1.165, 1.54) is 11.3 Å². The molecule has 6 heteroatoms. The average molecular weight is 289 g/mol. The fourth-order valence-corrected chi connectivity index (χ4v) is 5.31. The third-order valence-corrected chi connectivity index (χ3v) is 6.44. The summed E-state index contributed by atoms with van der Waals surface area (Å²) in [6.45, 7) is 6.40. The molecule has 102 valence electrons. The lowest BCUT2D eigenvalue weighted by Gasteiger charge is -2.18. The van der Waals surface area contributed by atoms with Crippen LogP contribution in [0.2, 0.25) is 0 Å². The Morgan fingerprint density at radius 2 is 2.22 bits per heavy atom. The number of rotatable bonds is 4. The maximum absolute atomic E-state index is 12.3. The predicted molar refractivity (Wildman–Crippen MR) is 72.6 cm³/mol. The standard InChI is InChI=1S/C12H19NO3S2/c1-4-11-10(5-6-16-11)13-18(14,15)12-8(2)7-9(3)17-12/h7,10-11,13H,4-6H2,1-3H3/t10-,11+/m1/s1. The van der Waals surface area contributed by atoms with Crippen molar-refractivity contribution in [2.75, 3.05) is 6.61 Å². The molecule has 1 aromatic heterocycles. The molecule has 1 aliphatic heterocycles. The molecule has 1 N–H and O–H groups in total. The van der Waals surface area contributed by atoms with Crippen molar-refractivity contribution < 1.29 is 13.2 Å². The largest absolute Gasteiger partial charge is 0.377 e. The van der Waals surface area contributed by atoms with E-state index in [9.17, 15) is 8.42 Å². The van der Waals surface area contributed by atoms with Gasteiger partial charge in [-0.25, -0.2) is 13.1 Å². The summed E-state index contributed by atoms with van der Waals surface area (Å²) in [5.74, 6) is 0. The fraction of sp³-hybridized carbons (Fsp3) is 0.667. The van der Waals surface area contributed by atoms with Crippen LogP contribution in [0.4, 0.5) is 0 Å². The molecule has 1 saturated heterocycles. The van der Waals surface area contributed by atoms with E-state index in [0.29, 0.717) is 10.8 Å². The number of hydrogen-bond donors (Lipinski definition) is 1. The Labute approximate surface area is 112 Å². The van der Waals surface area contributed by atoms with Crippen molar-refractivity contribution >= 4 is 21.4 Å². The van der Waals surface area contributed by atoms with Crippen molar-refractivity contribution in [3.05, 3.63) is 16.5 Å². The molecule has 0 spiro atoms. The third kappa shape index (κ3) is 2.77. The molecule has 1 aliphatic rings. The van der Waals surface area contributed by atoms with Gasteiger partial charge < -0.3 is 4.74 Å². The molecule has 1 fully saturated rings. The first kappa shape index (κ1) is 14.0. The summed E-state index contributed by atoms with van der Waals surface area (Å²) in [6, 6.07) is 1.81. The van der Waals surface area contributed by atoms with Gasteiger partial charge in [0, 0.05) is 11.5 Å². The zero-order valence-electron chi connectivity index (χ0n) is 10.9. The molecular formula is C12H19NO3S2. The molecule has 2 rings (SSSR count). The third-order valence-electron chi connectivity index (χ3n) is 3.16. The molecule has 18 heavy (non-hydrogen) atoms. The quantitative estimate of drug-likeness (QED) is 0.924. The van der Waals surface area contributed by atoms with Gasteiger partial charge in [-0.05, 0) is 38.3 Å². The van der Waals surface area contributed by atoms with Gasteiger partial charge >= 0.3 is 0 Å². The van der Waals surface area contributed by atoms with Gasteiger partial charge in [0.25, 0.3) is 10.0 Å². The molecule has 0 radical (unpaired) electrons. The van der Waals surface area contributed by atoms with E-state index in [1.807, 2.05) is 26.8 Å². The first-order chi connectivity index (χ1) is 8.44. The van der Waals surface area contributed by atoms with Gasteiger partial charge in [-0.15, -0.1) is 11.3 Å². The van der Waals surface area contributed by atoms with Gasteiger partial charge in [0.1, 0.15) is 4.21 Å². The Hall–Kier alpha value is -0.430. The van der Waals surface area contributed by atoms with Gasteiger partial charge in [0.2, 0.25) is 0 Å². The van der Waals surface area contributed by atoms with Gasteiger partial charge in [-0.2, -0.15) is 0 Å². The topological polar surface area (TPSA) is 55.4 Å². The number of hydrogen-bond acceptors (Lipinski definition) is 4. The van der Waals surface area contributed by atoms with E-state index in [0.717, 1.165) is 23.3 Å². The smallest absolute Gasteiger partial charge is 0.250 e. The van der Waals surface area contributed by atoms with Crippen molar-refractivity contribution in [2.45, 2.75) is 50.0 Å². The van der Waals surface area contributed by atoms with Gasteiger partial charge in [-0.1, -0.05) is 6.92 Å². The highest BCUT2D eigenvalue weighted by atomic mass is 32.2. The second-order valence-electron chi connectivity index (χ2n) is 4.66. The van der Waals surface area contributed by atoms with Crippen LogP contribution in [0.3, 0.4) is 0 Å². The zero-order chi connectivity index (χ0) is 13.3. The van der Waals surface area contributed by atoms with E-state index >= 15 is 0 Å². The normalized spacial score (nSPS) is 24.6. The Balaban J connectivity index is 2.19. The first-order valence-electron chi connectivity index (χ1n) is 6.15. The summed E-state index contributed by atoms with van der Waals surface area (Å²) in [4.78, 5) is 1.02. The van der Waals surface area contributed by atoms with E-state index in [2.05, 4.69) is 4.72 Å². The highest BCUT2D eigenvalue weighted by Crippen LogP contribution is 2.27. The second-order valence-corrected chi connectivity index (χ2v) is 7.83. The summed E-state index contributed by atoms with van der Waals surface area (Å²) in [5.41, 5.74) is 0.817. The lowest BCUT2D eigenvalue weighted by molar-refractivity contribution is 0.0990. The molecule has 0 amide bonds. The Bertz CT molecular complexity index is 521. The fourth-order valence-electron chi connectivity index (χ4n) is 2.33. The first-order valence-corrected chi connectivity index (χ1v) is 8.45. The summed E-state index contributed by atoms with van der Waals surface area (Å²) in [7, 11) is -3.41. The zero-order valence-corrected chi connectivity index (χ0v) is 12.5. The Kier molecular flexibility index (Phi) is 4.11. The Morgan fingerprint density at radius 3 is 2.78 bits per heavy atom. The maximum atomic E-state index is 12.3.